The number of fused-ring (bicyclic) bond motifs is 1. The van der Waals surface area contributed by atoms with Crippen molar-refractivity contribution in [1.82, 2.24) is 4.90 Å². The van der Waals surface area contributed by atoms with Crippen LogP contribution in [0.5, 0.6) is 11.5 Å². The SMILES string of the molecule is CN(C)CC1Oc2cc(F)cc(-c3ccccc3Cl)c2O1. The predicted molar refractivity (Wildman–Crippen MR) is 80.4 cm³/mol. The molecule has 21 heavy (non-hydrogen) atoms. The van der Waals surface area contributed by atoms with Crippen LogP contribution in [0.3, 0.4) is 0 Å². The summed E-state index contributed by atoms with van der Waals surface area (Å²) in [6, 6.07) is 10.0. The van der Waals surface area contributed by atoms with Crippen molar-refractivity contribution in [2.75, 3.05) is 20.6 Å². The van der Waals surface area contributed by atoms with Crippen molar-refractivity contribution in [2.24, 2.45) is 0 Å². The number of ether oxygens (including phenoxy) is 2. The van der Waals surface area contributed by atoms with Crippen LogP contribution in [0.25, 0.3) is 11.1 Å². The molecule has 1 aliphatic rings. The lowest BCUT2D eigenvalue weighted by Crippen LogP contribution is -2.32. The van der Waals surface area contributed by atoms with E-state index in [9.17, 15) is 4.39 Å². The summed E-state index contributed by atoms with van der Waals surface area (Å²) in [5.74, 6) is 0.575. The van der Waals surface area contributed by atoms with Crippen LogP contribution in [0.15, 0.2) is 36.4 Å². The molecule has 5 heteroatoms. The van der Waals surface area contributed by atoms with Crippen molar-refractivity contribution in [3.8, 4) is 22.6 Å². The zero-order valence-corrected chi connectivity index (χ0v) is 12.5. The lowest BCUT2D eigenvalue weighted by molar-refractivity contribution is 0.0273. The van der Waals surface area contributed by atoms with Gasteiger partial charge in [-0.05, 0) is 26.2 Å². The maximum Gasteiger partial charge on any atom is 0.254 e. The van der Waals surface area contributed by atoms with Crippen molar-refractivity contribution in [2.45, 2.75) is 6.29 Å². The van der Waals surface area contributed by atoms with Gasteiger partial charge in [0.25, 0.3) is 6.29 Å². The highest BCUT2D eigenvalue weighted by Gasteiger charge is 2.29. The second kappa shape index (κ2) is 5.54. The second-order valence-corrected chi connectivity index (χ2v) is 5.60. The summed E-state index contributed by atoms with van der Waals surface area (Å²) in [5, 5.41) is 0.546. The van der Waals surface area contributed by atoms with Crippen LogP contribution in [0, 0.1) is 5.82 Å². The minimum atomic E-state index is -0.446. The van der Waals surface area contributed by atoms with Gasteiger partial charge >= 0.3 is 0 Å². The molecule has 0 fully saturated rings. The lowest BCUT2D eigenvalue weighted by atomic mass is 10.0. The van der Waals surface area contributed by atoms with Gasteiger partial charge in [0.1, 0.15) is 5.82 Å². The van der Waals surface area contributed by atoms with Gasteiger partial charge in [-0.2, -0.15) is 0 Å². The summed E-state index contributed by atoms with van der Waals surface area (Å²) in [4.78, 5) is 1.95. The van der Waals surface area contributed by atoms with Crippen molar-refractivity contribution in [3.05, 3.63) is 47.2 Å². The Morgan fingerprint density at radius 1 is 1.14 bits per heavy atom. The highest BCUT2D eigenvalue weighted by molar-refractivity contribution is 6.33. The Balaban J connectivity index is 2.04. The van der Waals surface area contributed by atoms with E-state index in [-0.39, 0.29) is 5.82 Å². The van der Waals surface area contributed by atoms with Gasteiger partial charge in [-0.3, -0.25) is 0 Å². The van der Waals surface area contributed by atoms with E-state index >= 15 is 0 Å². The molecular formula is C16H15ClFNO2. The number of benzene rings is 2. The largest absolute Gasteiger partial charge is 0.449 e. The minimum Gasteiger partial charge on any atom is -0.449 e. The van der Waals surface area contributed by atoms with Gasteiger partial charge in [0.15, 0.2) is 11.5 Å². The van der Waals surface area contributed by atoms with E-state index in [0.717, 1.165) is 5.56 Å². The van der Waals surface area contributed by atoms with E-state index < -0.39 is 6.29 Å². The van der Waals surface area contributed by atoms with Crippen molar-refractivity contribution in [3.63, 3.8) is 0 Å². The van der Waals surface area contributed by atoms with Gasteiger partial charge in [0.2, 0.25) is 0 Å². The maximum absolute atomic E-state index is 13.8. The topological polar surface area (TPSA) is 21.7 Å². The van der Waals surface area contributed by atoms with Gasteiger partial charge in [0.05, 0.1) is 6.54 Å². The number of rotatable bonds is 3. The van der Waals surface area contributed by atoms with Gasteiger partial charge in [0, 0.05) is 22.2 Å². The minimum absolute atomic E-state index is 0.377. The van der Waals surface area contributed by atoms with E-state index in [2.05, 4.69) is 0 Å². The quantitative estimate of drug-likeness (QED) is 0.861. The normalized spacial score (nSPS) is 16.5. The average molecular weight is 308 g/mol. The molecule has 1 atom stereocenters. The molecule has 0 aromatic heterocycles. The van der Waals surface area contributed by atoms with Gasteiger partial charge in [-0.25, -0.2) is 4.39 Å². The fraction of sp³-hybridized carbons (Fsp3) is 0.250. The van der Waals surface area contributed by atoms with Crippen molar-refractivity contribution < 1.29 is 13.9 Å². The van der Waals surface area contributed by atoms with E-state index in [0.29, 0.717) is 28.6 Å². The summed E-state index contributed by atoms with van der Waals surface area (Å²) >= 11 is 6.21. The lowest BCUT2D eigenvalue weighted by Gasteiger charge is -2.15. The molecule has 1 heterocycles. The molecule has 2 aromatic carbocycles. The fourth-order valence-electron chi connectivity index (χ4n) is 2.33. The molecule has 3 rings (SSSR count). The maximum atomic E-state index is 13.8. The van der Waals surface area contributed by atoms with E-state index in [1.54, 1.807) is 6.07 Å². The van der Waals surface area contributed by atoms with Crippen LogP contribution in [-0.2, 0) is 0 Å². The molecule has 1 aliphatic heterocycles. The Morgan fingerprint density at radius 2 is 1.90 bits per heavy atom. The van der Waals surface area contributed by atoms with Crippen molar-refractivity contribution >= 4 is 11.6 Å². The van der Waals surface area contributed by atoms with E-state index in [1.165, 1.54) is 12.1 Å². The Labute approximate surface area is 127 Å². The Bertz CT molecular complexity index is 675. The highest BCUT2D eigenvalue weighted by Crippen LogP contribution is 2.45. The molecule has 0 amide bonds. The summed E-state index contributed by atoms with van der Waals surface area (Å²) in [6.45, 7) is 0.582. The third-order valence-corrected chi connectivity index (χ3v) is 3.54. The van der Waals surface area contributed by atoms with Gasteiger partial charge in [-0.15, -0.1) is 0 Å². The first kappa shape index (κ1) is 14.2. The number of hydrogen-bond donors (Lipinski definition) is 0. The van der Waals surface area contributed by atoms with Crippen LogP contribution in [-0.4, -0.2) is 31.8 Å². The Kier molecular flexibility index (Phi) is 3.74. The van der Waals surface area contributed by atoms with Gasteiger partial charge in [-0.1, -0.05) is 29.8 Å². The van der Waals surface area contributed by atoms with E-state index in [1.807, 2.05) is 37.2 Å². The molecule has 0 N–H and O–H groups in total. The van der Waals surface area contributed by atoms with E-state index in [4.69, 9.17) is 21.1 Å². The first-order valence-electron chi connectivity index (χ1n) is 6.61. The first-order chi connectivity index (χ1) is 10.0. The Hall–Kier alpha value is -1.78. The summed E-state index contributed by atoms with van der Waals surface area (Å²) in [7, 11) is 3.84. The molecule has 0 aliphatic carbocycles. The van der Waals surface area contributed by atoms with Crippen LogP contribution < -0.4 is 9.47 Å². The highest BCUT2D eigenvalue weighted by atomic mass is 35.5. The zero-order chi connectivity index (χ0) is 15.0. The summed E-state index contributed by atoms with van der Waals surface area (Å²) < 4.78 is 25.3. The van der Waals surface area contributed by atoms with Crippen LogP contribution >= 0.6 is 11.6 Å². The zero-order valence-electron chi connectivity index (χ0n) is 11.8. The molecule has 0 saturated heterocycles. The third kappa shape index (κ3) is 2.82. The molecule has 1 unspecified atom stereocenters. The molecule has 0 saturated carbocycles. The van der Waals surface area contributed by atoms with Crippen LogP contribution in [0.2, 0.25) is 5.02 Å². The predicted octanol–water partition coefficient (Wildman–Crippen LogP) is 3.81. The van der Waals surface area contributed by atoms with Crippen molar-refractivity contribution in [1.29, 1.82) is 0 Å². The Morgan fingerprint density at radius 3 is 2.62 bits per heavy atom. The van der Waals surface area contributed by atoms with Gasteiger partial charge < -0.3 is 14.4 Å². The van der Waals surface area contributed by atoms with Crippen LogP contribution in [0.4, 0.5) is 4.39 Å². The molecule has 110 valence electrons. The number of likely N-dealkylation sites (N-methyl/N-ethyl adjacent to an activating group) is 1. The number of hydrogen-bond acceptors (Lipinski definition) is 3. The molecule has 0 spiro atoms. The summed E-state index contributed by atoms with van der Waals surface area (Å²) in [5.41, 5.74) is 1.33. The first-order valence-corrected chi connectivity index (χ1v) is 6.99. The monoisotopic (exact) mass is 307 g/mol. The number of nitrogens with zero attached hydrogens (tertiary/aromatic N) is 1. The molecule has 2 aromatic rings. The standard InChI is InChI=1S/C16H15ClFNO2/c1-19(2)9-15-20-14-8-10(18)7-12(16(14)21-15)11-5-3-4-6-13(11)17/h3-8,15H,9H2,1-2H3. The van der Waals surface area contributed by atoms with Crippen LogP contribution in [0.1, 0.15) is 0 Å². The average Bonchev–Trinajstić information content (AvgIpc) is 2.79. The third-order valence-electron chi connectivity index (χ3n) is 3.21. The number of halogens is 2. The summed E-state index contributed by atoms with van der Waals surface area (Å²) in [6.07, 6.45) is -0.446. The smallest absolute Gasteiger partial charge is 0.254 e. The fourth-order valence-corrected chi connectivity index (χ4v) is 2.56. The second-order valence-electron chi connectivity index (χ2n) is 5.19. The molecule has 3 nitrogen and oxygen atoms in total. The molecule has 0 bridgehead atoms. The molecular weight excluding hydrogens is 293 g/mol. The molecule has 0 radical (unpaired) electrons.